The summed E-state index contributed by atoms with van der Waals surface area (Å²) in [5, 5.41) is 0. The maximum Gasteiger partial charge on any atom is 0.0764 e. The Labute approximate surface area is 94.6 Å². The minimum atomic E-state index is 0.210. The molecule has 86 valence electrons. The molecule has 1 aliphatic carbocycles. The zero-order valence-electron chi connectivity index (χ0n) is 10.6. The molecule has 1 fully saturated rings. The third-order valence-electron chi connectivity index (χ3n) is 3.58. The molecule has 0 aliphatic heterocycles. The van der Waals surface area contributed by atoms with Crippen LogP contribution in [0.1, 0.15) is 52.9 Å². The lowest BCUT2D eigenvalue weighted by atomic mass is 9.85. The average Bonchev–Trinajstić information content (AvgIpc) is 3.03. The van der Waals surface area contributed by atoms with E-state index in [0.717, 1.165) is 6.42 Å². The predicted molar refractivity (Wildman–Crippen MR) is 64.6 cm³/mol. The average molecular weight is 208 g/mol. The van der Waals surface area contributed by atoms with Crippen molar-refractivity contribution in [3.63, 3.8) is 0 Å². The summed E-state index contributed by atoms with van der Waals surface area (Å²) in [5.41, 5.74) is 0.210. The second kappa shape index (κ2) is 5.56. The molecule has 0 bridgehead atoms. The first kappa shape index (κ1) is 12.6. The highest BCUT2D eigenvalue weighted by Gasteiger charge is 2.50. The van der Waals surface area contributed by atoms with Crippen molar-refractivity contribution in [3.8, 4) is 11.8 Å². The van der Waals surface area contributed by atoms with Crippen molar-refractivity contribution < 1.29 is 4.74 Å². The summed E-state index contributed by atoms with van der Waals surface area (Å²) in [6.07, 6.45) is 6.17. The van der Waals surface area contributed by atoms with Gasteiger partial charge in [0.05, 0.1) is 11.5 Å². The molecule has 1 atom stereocenters. The minimum absolute atomic E-state index is 0.210. The molecule has 1 heteroatoms. The maximum absolute atomic E-state index is 5.72. The van der Waals surface area contributed by atoms with Gasteiger partial charge in [-0.1, -0.05) is 39.5 Å². The predicted octanol–water partition coefficient (Wildman–Crippen LogP) is 3.63. The van der Waals surface area contributed by atoms with Crippen LogP contribution in [-0.2, 0) is 4.74 Å². The van der Waals surface area contributed by atoms with E-state index in [4.69, 9.17) is 4.74 Å². The van der Waals surface area contributed by atoms with E-state index in [0.29, 0.717) is 12.0 Å². The second-order valence-corrected chi connectivity index (χ2v) is 4.54. The van der Waals surface area contributed by atoms with Gasteiger partial charge in [0.25, 0.3) is 0 Å². The van der Waals surface area contributed by atoms with Crippen molar-refractivity contribution in [2.45, 2.75) is 59.0 Å². The van der Waals surface area contributed by atoms with Gasteiger partial charge in [-0.2, -0.15) is 0 Å². The smallest absolute Gasteiger partial charge is 0.0764 e. The largest absolute Gasteiger partial charge is 0.380 e. The molecule has 0 radical (unpaired) electrons. The topological polar surface area (TPSA) is 9.23 Å². The Bertz CT molecular complexity index is 238. The molecule has 0 N–H and O–H groups in total. The van der Waals surface area contributed by atoms with Gasteiger partial charge in [0, 0.05) is 13.5 Å². The summed E-state index contributed by atoms with van der Waals surface area (Å²) in [6, 6.07) is 0. The number of rotatable bonds is 5. The van der Waals surface area contributed by atoms with Crippen LogP contribution in [0.3, 0.4) is 0 Å². The number of hydrogen-bond acceptors (Lipinski definition) is 1. The third-order valence-corrected chi connectivity index (χ3v) is 3.58. The highest BCUT2D eigenvalue weighted by Crippen LogP contribution is 2.52. The Hall–Kier alpha value is -0.480. The van der Waals surface area contributed by atoms with Crippen LogP contribution in [-0.4, -0.2) is 13.2 Å². The molecule has 0 amide bonds. The van der Waals surface area contributed by atoms with Gasteiger partial charge in [-0.05, 0) is 18.8 Å². The molecule has 1 rings (SSSR count). The van der Waals surface area contributed by atoms with Crippen molar-refractivity contribution in [1.82, 2.24) is 0 Å². The van der Waals surface area contributed by atoms with E-state index < -0.39 is 0 Å². The highest BCUT2D eigenvalue weighted by atomic mass is 16.5. The fourth-order valence-electron chi connectivity index (χ4n) is 2.47. The minimum Gasteiger partial charge on any atom is -0.380 e. The van der Waals surface area contributed by atoms with Gasteiger partial charge in [-0.25, -0.2) is 0 Å². The summed E-state index contributed by atoms with van der Waals surface area (Å²) in [6.45, 7) is 6.62. The summed E-state index contributed by atoms with van der Waals surface area (Å²) in [7, 11) is 1.84. The SMILES string of the molecule is CCC#CC1(C(OC)C(CC)CC)CC1. The second-order valence-electron chi connectivity index (χ2n) is 4.54. The number of methoxy groups -OCH3 is 1. The Morgan fingerprint density at radius 2 is 1.80 bits per heavy atom. The van der Waals surface area contributed by atoms with Crippen LogP contribution in [0.25, 0.3) is 0 Å². The molecule has 0 saturated heterocycles. The fraction of sp³-hybridized carbons (Fsp3) is 0.857. The van der Waals surface area contributed by atoms with Crippen molar-refractivity contribution in [2.24, 2.45) is 11.3 Å². The molecule has 1 nitrogen and oxygen atoms in total. The molecule has 1 aliphatic rings. The van der Waals surface area contributed by atoms with E-state index in [1.54, 1.807) is 0 Å². The van der Waals surface area contributed by atoms with Crippen LogP contribution in [0.2, 0.25) is 0 Å². The van der Waals surface area contributed by atoms with Crippen LogP contribution in [0, 0.1) is 23.2 Å². The van der Waals surface area contributed by atoms with E-state index in [9.17, 15) is 0 Å². The van der Waals surface area contributed by atoms with Crippen LogP contribution in [0.4, 0.5) is 0 Å². The zero-order chi connectivity index (χ0) is 11.3. The number of ether oxygens (including phenoxy) is 1. The van der Waals surface area contributed by atoms with Crippen LogP contribution < -0.4 is 0 Å². The van der Waals surface area contributed by atoms with Gasteiger partial charge < -0.3 is 4.74 Å². The van der Waals surface area contributed by atoms with Crippen molar-refractivity contribution in [3.05, 3.63) is 0 Å². The van der Waals surface area contributed by atoms with Gasteiger partial charge in [-0.3, -0.25) is 0 Å². The molecule has 1 unspecified atom stereocenters. The Balaban J connectivity index is 2.73. The van der Waals surface area contributed by atoms with Crippen molar-refractivity contribution in [2.75, 3.05) is 7.11 Å². The normalized spacial score (nSPS) is 19.5. The molecular formula is C14H24O. The van der Waals surface area contributed by atoms with Crippen LogP contribution in [0.5, 0.6) is 0 Å². The molecule has 0 spiro atoms. The van der Waals surface area contributed by atoms with E-state index >= 15 is 0 Å². The first-order chi connectivity index (χ1) is 7.24. The summed E-state index contributed by atoms with van der Waals surface area (Å²) < 4.78 is 5.72. The van der Waals surface area contributed by atoms with Crippen LogP contribution in [0.15, 0.2) is 0 Å². The van der Waals surface area contributed by atoms with Gasteiger partial charge in [0.15, 0.2) is 0 Å². The quantitative estimate of drug-likeness (QED) is 0.627. The van der Waals surface area contributed by atoms with E-state index in [1.807, 2.05) is 7.11 Å². The third kappa shape index (κ3) is 2.75. The standard InChI is InChI=1S/C14H24O/c1-5-8-9-14(10-11-14)13(15-4)12(6-2)7-3/h12-13H,5-7,10-11H2,1-4H3. The maximum atomic E-state index is 5.72. The van der Waals surface area contributed by atoms with Crippen LogP contribution >= 0.6 is 0 Å². The van der Waals surface area contributed by atoms with Gasteiger partial charge in [-0.15, -0.1) is 5.92 Å². The van der Waals surface area contributed by atoms with E-state index in [2.05, 4.69) is 32.6 Å². The zero-order valence-corrected chi connectivity index (χ0v) is 10.6. The Kier molecular flexibility index (Phi) is 4.67. The summed E-state index contributed by atoms with van der Waals surface area (Å²) >= 11 is 0. The molecule has 0 aromatic rings. The fourth-order valence-corrected chi connectivity index (χ4v) is 2.47. The van der Waals surface area contributed by atoms with E-state index in [-0.39, 0.29) is 5.41 Å². The summed E-state index contributed by atoms with van der Waals surface area (Å²) in [5.74, 6) is 7.35. The highest BCUT2D eigenvalue weighted by molar-refractivity contribution is 5.23. The molecule has 0 aromatic heterocycles. The lowest BCUT2D eigenvalue weighted by Crippen LogP contribution is -2.31. The van der Waals surface area contributed by atoms with Crippen molar-refractivity contribution in [1.29, 1.82) is 0 Å². The van der Waals surface area contributed by atoms with Gasteiger partial charge in [0.1, 0.15) is 0 Å². The number of hydrogen-bond donors (Lipinski definition) is 0. The molecule has 0 aromatic carbocycles. The van der Waals surface area contributed by atoms with E-state index in [1.165, 1.54) is 25.7 Å². The first-order valence-electron chi connectivity index (χ1n) is 6.26. The molecular weight excluding hydrogens is 184 g/mol. The summed E-state index contributed by atoms with van der Waals surface area (Å²) in [4.78, 5) is 0. The first-order valence-corrected chi connectivity index (χ1v) is 6.26. The molecule has 1 saturated carbocycles. The Morgan fingerprint density at radius 3 is 2.13 bits per heavy atom. The van der Waals surface area contributed by atoms with Gasteiger partial charge in [0.2, 0.25) is 0 Å². The van der Waals surface area contributed by atoms with Crippen molar-refractivity contribution >= 4 is 0 Å². The molecule has 15 heavy (non-hydrogen) atoms. The lowest BCUT2D eigenvalue weighted by Gasteiger charge is -2.28. The monoisotopic (exact) mass is 208 g/mol. The van der Waals surface area contributed by atoms with Gasteiger partial charge >= 0.3 is 0 Å². The Morgan fingerprint density at radius 1 is 1.20 bits per heavy atom. The lowest BCUT2D eigenvalue weighted by molar-refractivity contribution is 0.0112. The molecule has 0 heterocycles.